The van der Waals surface area contributed by atoms with Crippen LogP contribution in [0.5, 0.6) is 0 Å². The van der Waals surface area contributed by atoms with Crippen LogP contribution >= 0.6 is 11.3 Å². The van der Waals surface area contributed by atoms with E-state index in [1.165, 1.54) is 12.1 Å². The summed E-state index contributed by atoms with van der Waals surface area (Å²) in [5, 5.41) is 4.86. The molecule has 0 atom stereocenters. The number of unbranched alkanes of at least 4 members (excludes halogenated alkanes) is 1. The molecule has 0 aliphatic carbocycles. The van der Waals surface area contributed by atoms with Crippen molar-refractivity contribution in [3.63, 3.8) is 0 Å². The van der Waals surface area contributed by atoms with Gasteiger partial charge in [0.05, 0.1) is 6.54 Å². The maximum absolute atomic E-state index is 13.3. The minimum absolute atomic E-state index is 0.0196. The number of halogens is 1. The summed E-state index contributed by atoms with van der Waals surface area (Å²) >= 11 is 1.57. The number of hydrogen-bond donors (Lipinski definition) is 1. The third-order valence-corrected chi connectivity index (χ3v) is 5.62. The second kappa shape index (κ2) is 13.8. The van der Waals surface area contributed by atoms with Crippen molar-refractivity contribution in [1.82, 2.24) is 15.1 Å². The number of thiophene rings is 1. The number of rotatable bonds is 13. The predicted octanol–water partition coefficient (Wildman–Crippen LogP) is 4.26. The minimum Gasteiger partial charge on any atom is -0.385 e. The molecule has 0 bridgehead atoms. The third-order valence-electron chi connectivity index (χ3n) is 4.76. The Morgan fingerprint density at radius 3 is 2.52 bits per heavy atom. The number of hydrogen-bond acceptors (Lipinski definition) is 4. The number of carbonyl (C=O) groups excluding carboxylic acids is 2. The molecule has 6 nitrogen and oxygen atoms in total. The molecule has 1 N–H and O–H groups in total. The fourth-order valence-corrected chi connectivity index (χ4v) is 3.75. The van der Waals surface area contributed by atoms with Gasteiger partial charge in [0.25, 0.3) is 0 Å². The summed E-state index contributed by atoms with van der Waals surface area (Å²) in [4.78, 5) is 30.2. The Kier molecular flexibility index (Phi) is 11.0. The van der Waals surface area contributed by atoms with Gasteiger partial charge < -0.3 is 19.9 Å². The van der Waals surface area contributed by atoms with Gasteiger partial charge in [-0.1, -0.05) is 31.5 Å². The van der Waals surface area contributed by atoms with Crippen LogP contribution in [0.25, 0.3) is 0 Å². The summed E-state index contributed by atoms with van der Waals surface area (Å²) < 4.78 is 18.4. The summed E-state index contributed by atoms with van der Waals surface area (Å²) in [5.74, 6) is -0.464. The van der Waals surface area contributed by atoms with Crippen LogP contribution in [0.2, 0.25) is 0 Å². The van der Waals surface area contributed by atoms with Crippen LogP contribution in [0.1, 0.15) is 36.6 Å². The Hall–Kier alpha value is -2.45. The monoisotopic (exact) mass is 449 g/mol. The second-order valence-electron chi connectivity index (χ2n) is 7.31. The minimum atomic E-state index is -0.312. The number of amides is 3. The molecule has 0 fully saturated rings. The highest BCUT2D eigenvalue weighted by Crippen LogP contribution is 2.16. The molecule has 0 radical (unpaired) electrons. The van der Waals surface area contributed by atoms with Crippen molar-refractivity contribution in [2.75, 3.05) is 33.4 Å². The largest absolute Gasteiger partial charge is 0.385 e. The van der Waals surface area contributed by atoms with E-state index in [0.717, 1.165) is 23.3 Å². The summed E-state index contributed by atoms with van der Waals surface area (Å²) in [7, 11) is 1.61. The molecule has 170 valence electrons. The van der Waals surface area contributed by atoms with E-state index in [0.29, 0.717) is 39.2 Å². The molecule has 2 aromatic rings. The van der Waals surface area contributed by atoms with Gasteiger partial charge >= 0.3 is 6.03 Å². The second-order valence-corrected chi connectivity index (χ2v) is 8.34. The number of methoxy groups -OCH3 is 1. The number of carbonyl (C=O) groups is 2. The van der Waals surface area contributed by atoms with Crippen LogP contribution in [0.15, 0.2) is 41.8 Å². The van der Waals surface area contributed by atoms with Crippen molar-refractivity contribution in [1.29, 1.82) is 0 Å². The van der Waals surface area contributed by atoms with Crippen LogP contribution in [-0.4, -0.2) is 55.1 Å². The highest BCUT2D eigenvalue weighted by Gasteiger charge is 2.22. The van der Waals surface area contributed by atoms with Crippen molar-refractivity contribution >= 4 is 23.3 Å². The maximum atomic E-state index is 13.3. The van der Waals surface area contributed by atoms with Crippen molar-refractivity contribution in [3.8, 4) is 0 Å². The van der Waals surface area contributed by atoms with Crippen molar-refractivity contribution in [2.24, 2.45) is 0 Å². The van der Waals surface area contributed by atoms with E-state index in [4.69, 9.17) is 4.74 Å². The molecule has 31 heavy (non-hydrogen) atoms. The van der Waals surface area contributed by atoms with Crippen molar-refractivity contribution in [3.05, 3.63) is 58.0 Å². The molecule has 0 spiro atoms. The molecule has 0 saturated carbocycles. The van der Waals surface area contributed by atoms with E-state index < -0.39 is 0 Å². The molecule has 0 aliphatic rings. The van der Waals surface area contributed by atoms with Crippen molar-refractivity contribution in [2.45, 2.75) is 39.3 Å². The van der Waals surface area contributed by atoms with Gasteiger partial charge in [0.15, 0.2) is 0 Å². The highest BCUT2D eigenvalue weighted by atomic mass is 32.1. The molecule has 0 aliphatic heterocycles. The molecular weight excluding hydrogens is 417 g/mol. The zero-order chi connectivity index (χ0) is 22.5. The highest BCUT2D eigenvalue weighted by molar-refractivity contribution is 7.09. The normalized spacial score (nSPS) is 10.7. The van der Waals surface area contributed by atoms with E-state index in [1.807, 2.05) is 17.5 Å². The fraction of sp³-hybridized carbons (Fsp3) is 0.478. The Bertz CT molecular complexity index is 784. The molecule has 1 aromatic carbocycles. The van der Waals surface area contributed by atoms with Gasteiger partial charge in [-0.15, -0.1) is 11.3 Å². The Balaban J connectivity index is 2.10. The lowest BCUT2D eigenvalue weighted by Gasteiger charge is -2.28. The van der Waals surface area contributed by atoms with E-state index in [-0.39, 0.29) is 24.3 Å². The van der Waals surface area contributed by atoms with Crippen LogP contribution < -0.4 is 5.32 Å². The fourth-order valence-electron chi connectivity index (χ4n) is 3.03. The van der Waals surface area contributed by atoms with Gasteiger partial charge in [0, 0.05) is 38.2 Å². The quantitative estimate of drug-likeness (QED) is 0.465. The van der Waals surface area contributed by atoms with Crippen molar-refractivity contribution < 1.29 is 18.7 Å². The van der Waals surface area contributed by atoms with Gasteiger partial charge in [0.1, 0.15) is 12.4 Å². The lowest BCUT2D eigenvalue weighted by Crippen LogP contribution is -2.47. The van der Waals surface area contributed by atoms with Gasteiger partial charge in [-0.3, -0.25) is 4.79 Å². The Morgan fingerprint density at radius 1 is 1.10 bits per heavy atom. The SMILES string of the molecule is CCCCNC(=O)N(CCCOC)CC(=O)N(Cc1ccc(F)cc1)Cc1cccs1. The molecule has 0 unspecified atom stereocenters. The average Bonchev–Trinajstić information content (AvgIpc) is 3.27. The number of ether oxygens (including phenoxy) is 1. The van der Waals surface area contributed by atoms with Gasteiger partial charge in [-0.05, 0) is 42.0 Å². The van der Waals surface area contributed by atoms with Crippen LogP contribution in [0.3, 0.4) is 0 Å². The van der Waals surface area contributed by atoms with Crippen LogP contribution in [0, 0.1) is 5.82 Å². The first-order chi connectivity index (χ1) is 15.0. The standard InChI is InChI=1S/C23H32FN3O3S/c1-3-4-12-25-23(29)26(13-6-14-30-2)18-22(28)27(17-21-7-5-15-31-21)16-19-8-10-20(24)11-9-19/h5,7-11,15H,3-4,6,12-14,16-18H2,1-2H3,(H,25,29). The first-order valence-electron chi connectivity index (χ1n) is 10.6. The molecular formula is C23H32FN3O3S. The number of benzene rings is 1. The van der Waals surface area contributed by atoms with Gasteiger partial charge in [-0.25, -0.2) is 9.18 Å². The van der Waals surface area contributed by atoms with E-state index >= 15 is 0 Å². The molecule has 0 saturated heterocycles. The number of nitrogens with one attached hydrogen (secondary N) is 1. The molecule has 1 aromatic heterocycles. The zero-order valence-electron chi connectivity index (χ0n) is 18.3. The van der Waals surface area contributed by atoms with E-state index in [9.17, 15) is 14.0 Å². The maximum Gasteiger partial charge on any atom is 0.317 e. The smallest absolute Gasteiger partial charge is 0.317 e. The Morgan fingerprint density at radius 2 is 1.87 bits per heavy atom. The topological polar surface area (TPSA) is 61.9 Å². The summed E-state index contributed by atoms with van der Waals surface area (Å²) in [5.41, 5.74) is 0.838. The number of urea groups is 1. The summed E-state index contributed by atoms with van der Waals surface area (Å²) in [6.45, 7) is 4.36. The molecule has 2 rings (SSSR count). The third kappa shape index (κ3) is 9.06. The Labute approximate surface area is 188 Å². The number of nitrogens with zero attached hydrogens (tertiary/aromatic N) is 2. The zero-order valence-corrected chi connectivity index (χ0v) is 19.1. The molecule has 3 amide bonds. The van der Waals surface area contributed by atoms with Crippen LogP contribution in [0.4, 0.5) is 9.18 Å². The van der Waals surface area contributed by atoms with Crippen LogP contribution in [-0.2, 0) is 22.6 Å². The first-order valence-corrected chi connectivity index (χ1v) is 11.5. The van der Waals surface area contributed by atoms with Gasteiger partial charge in [-0.2, -0.15) is 0 Å². The molecule has 1 heterocycles. The lowest BCUT2D eigenvalue weighted by molar-refractivity contribution is -0.133. The van der Waals surface area contributed by atoms with E-state index in [1.54, 1.807) is 40.4 Å². The lowest BCUT2D eigenvalue weighted by atomic mass is 10.2. The summed E-state index contributed by atoms with van der Waals surface area (Å²) in [6, 6.07) is 9.82. The average molecular weight is 450 g/mol. The molecule has 8 heteroatoms. The van der Waals surface area contributed by atoms with Gasteiger partial charge in [0.2, 0.25) is 5.91 Å². The predicted molar refractivity (Wildman–Crippen MR) is 121 cm³/mol. The van der Waals surface area contributed by atoms with E-state index in [2.05, 4.69) is 12.2 Å². The summed E-state index contributed by atoms with van der Waals surface area (Å²) in [6.07, 6.45) is 2.52. The first kappa shape index (κ1) is 24.8.